The Hall–Kier alpha value is -2.67. The number of aromatic nitrogens is 2. The van der Waals surface area contributed by atoms with Crippen molar-refractivity contribution in [3.05, 3.63) is 51.8 Å². The smallest absolute Gasteiger partial charge is 0.435 e. The van der Waals surface area contributed by atoms with Crippen LogP contribution in [0.1, 0.15) is 11.3 Å². The molecule has 3 rings (SSSR count). The van der Waals surface area contributed by atoms with E-state index in [9.17, 15) is 23.7 Å². The Bertz CT molecular complexity index is 910. The van der Waals surface area contributed by atoms with E-state index in [0.717, 1.165) is 31.7 Å². The molecule has 0 aliphatic carbocycles. The van der Waals surface area contributed by atoms with Gasteiger partial charge in [0.05, 0.1) is 6.54 Å². The summed E-state index contributed by atoms with van der Waals surface area (Å²) in [5, 5.41) is 17.3. The molecule has 1 atom stereocenters. The molecule has 30 heavy (non-hydrogen) atoms. The van der Waals surface area contributed by atoms with E-state index < -0.39 is 16.0 Å². The van der Waals surface area contributed by atoms with Crippen molar-refractivity contribution in [1.82, 2.24) is 25.1 Å². The van der Waals surface area contributed by atoms with Crippen LogP contribution in [0.25, 0.3) is 0 Å². The van der Waals surface area contributed by atoms with Crippen molar-refractivity contribution in [2.24, 2.45) is 0 Å². The highest BCUT2D eigenvalue weighted by Crippen LogP contribution is 2.15. The van der Waals surface area contributed by atoms with Gasteiger partial charge < -0.3 is 25.3 Å². The lowest BCUT2D eigenvalue weighted by molar-refractivity contribution is -0.396. The number of rotatable bonds is 9. The SMILES string of the molecule is O=C(Cn1c(CN2CCNCC2)cnc1[N+](=O)[O-])NCCc1ccc(S(=O)[O-])cc1. The van der Waals surface area contributed by atoms with Gasteiger partial charge in [-0.05, 0) is 40.1 Å². The van der Waals surface area contributed by atoms with Crippen LogP contribution in [0, 0.1) is 10.1 Å². The van der Waals surface area contributed by atoms with Crippen LogP contribution in [-0.2, 0) is 35.4 Å². The quantitative estimate of drug-likeness (QED) is 0.313. The Balaban J connectivity index is 1.57. The summed E-state index contributed by atoms with van der Waals surface area (Å²) < 4.78 is 23.1. The van der Waals surface area contributed by atoms with E-state index >= 15 is 0 Å². The second-order valence-electron chi connectivity index (χ2n) is 6.90. The molecule has 0 radical (unpaired) electrons. The van der Waals surface area contributed by atoms with E-state index in [0.29, 0.717) is 25.2 Å². The van der Waals surface area contributed by atoms with Gasteiger partial charge in [-0.2, -0.15) is 0 Å². The predicted molar refractivity (Wildman–Crippen MR) is 107 cm³/mol. The fraction of sp³-hybridized carbons (Fsp3) is 0.444. The fourth-order valence-electron chi connectivity index (χ4n) is 3.26. The van der Waals surface area contributed by atoms with Crippen LogP contribution >= 0.6 is 0 Å². The topological polar surface area (TPSA) is 145 Å². The maximum atomic E-state index is 12.4. The molecule has 1 aromatic carbocycles. The van der Waals surface area contributed by atoms with Crippen molar-refractivity contribution in [3.8, 4) is 0 Å². The van der Waals surface area contributed by atoms with Gasteiger partial charge in [0.2, 0.25) is 0 Å². The molecule has 0 bridgehead atoms. The second-order valence-corrected chi connectivity index (χ2v) is 7.84. The van der Waals surface area contributed by atoms with Crippen molar-refractivity contribution < 1.29 is 18.5 Å². The maximum absolute atomic E-state index is 12.4. The van der Waals surface area contributed by atoms with Crippen LogP contribution in [0.5, 0.6) is 0 Å². The number of nitro groups is 1. The average Bonchev–Trinajstić information content (AvgIpc) is 3.11. The summed E-state index contributed by atoms with van der Waals surface area (Å²) in [7, 11) is 0. The number of benzene rings is 1. The van der Waals surface area contributed by atoms with Crippen LogP contribution in [0.15, 0.2) is 35.4 Å². The van der Waals surface area contributed by atoms with Gasteiger partial charge in [-0.15, -0.1) is 0 Å². The zero-order valence-electron chi connectivity index (χ0n) is 16.3. The monoisotopic (exact) mass is 435 g/mol. The average molecular weight is 435 g/mol. The largest absolute Gasteiger partial charge is 0.768 e. The third-order valence-corrected chi connectivity index (χ3v) is 5.49. The lowest BCUT2D eigenvalue weighted by Crippen LogP contribution is -2.43. The molecular weight excluding hydrogens is 412 g/mol. The van der Waals surface area contributed by atoms with Crippen molar-refractivity contribution >= 4 is 22.9 Å². The summed E-state index contributed by atoms with van der Waals surface area (Å²) in [4.78, 5) is 29.3. The Kier molecular flexibility index (Phi) is 7.63. The minimum absolute atomic E-state index is 0.189. The number of nitrogens with one attached hydrogen (secondary N) is 2. The Morgan fingerprint density at radius 3 is 2.60 bits per heavy atom. The zero-order valence-corrected chi connectivity index (χ0v) is 17.1. The van der Waals surface area contributed by atoms with Gasteiger partial charge in [-0.1, -0.05) is 17.1 Å². The molecule has 1 aliphatic rings. The number of imidazole rings is 1. The molecule has 162 valence electrons. The van der Waals surface area contributed by atoms with Gasteiger partial charge in [0.1, 0.15) is 11.9 Å². The van der Waals surface area contributed by atoms with Gasteiger partial charge in [0, 0.05) is 37.6 Å². The summed E-state index contributed by atoms with van der Waals surface area (Å²) >= 11 is -2.27. The predicted octanol–water partition coefficient (Wildman–Crippen LogP) is -0.207. The minimum Gasteiger partial charge on any atom is -0.768 e. The number of carbonyl (C=O) groups excluding carboxylic acids is 1. The molecule has 11 nitrogen and oxygen atoms in total. The van der Waals surface area contributed by atoms with Crippen LogP contribution in [-0.4, -0.2) is 66.8 Å². The molecule has 2 aromatic rings. The van der Waals surface area contributed by atoms with Crippen molar-refractivity contribution in [2.75, 3.05) is 32.7 Å². The van der Waals surface area contributed by atoms with E-state index in [-0.39, 0.29) is 23.3 Å². The molecule has 1 aromatic heterocycles. The molecule has 1 fully saturated rings. The first kappa shape index (κ1) is 22.0. The van der Waals surface area contributed by atoms with Gasteiger partial charge >= 0.3 is 5.95 Å². The van der Waals surface area contributed by atoms with E-state index in [1.807, 2.05) is 0 Å². The number of hydrogen-bond donors (Lipinski definition) is 2. The molecule has 0 saturated carbocycles. The first-order chi connectivity index (χ1) is 14.4. The summed E-state index contributed by atoms with van der Waals surface area (Å²) in [5.74, 6) is -0.702. The van der Waals surface area contributed by atoms with Gasteiger partial charge in [0.15, 0.2) is 6.54 Å². The Morgan fingerprint density at radius 1 is 1.27 bits per heavy atom. The maximum Gasteiger partial charge on any atom is 0.435 e. The number of nitrogens with zero attached hydrogens (tertiary/aromatic N) is 4. The number of amides is 1. The van der Waals surface area contributed by atoms with E-state index in [1.54, 1.807) is 12.1 Å². The fourth-order valence-corrected chi connectivity index (χ4v) is 3.61. The van der Waals surface area contributed by atoms with Crippen molar-refractivity contribution in [2.45, 2.75) is 24.4 Å². The van der Waals surface area contributed by atoms with Crippen LogP contribution < -0.4 is 10.6 Å². The molecule has 1 aliphatic heterocycles. The van der Waals surface area contributed by atoms with Crippen molar-refractivity contribution in [1.29, 1.82) is 0 Å². The second kappa shape index (κ2) is 10.4. The molecule has 0 spiro atoms. The third kappa shape index (κ3) is 5.92. The molecule has 1 unspecified atom stereocenters. The minimum atomic E-state index is -2.27. The van der Waals surface area contributed by atoms with Gasteiger partial charge in [-0.3, -0.25) is 13.9 Å². The number of hydrogen-bond acceptors (Lipinski definition) is 8. The highest BCUT2D eigenvalue weighted by Gasteiger charge is 2.24. The van der Waals surface area contributed by atoms with E-state index in [4.69, 9.17) is 0 Å². The molecule has 2 N–H and O–H groups in total. The summed E-state index contributed by atoms with van der Waals surface area (Å²) in [5.41, 5.74) is 1.50. The van der Waals surface area contributed by atoms with Gasteiger partial charge in [0.25, 0.3) is 5.91 Å². The molecule has 2 heterocycles. The Morgan fingerprint density at radius 2 is 1.97 bits per heavy atom. The Labute approximate surface area is 175 Å². The van der Waals surface area contributed by atoms with Crippen molar-refractivity contribution in [3.63, 3.8) is 0 Å². The molecule has 12 heteroatoms. The zero-order chi connectivity index (χ0) is 21.5. The number of carbonyl (C=O) groups is 1. The molecular formula is C18H23N6O5S-. The van der Waals surface area contributed by atoms with E-state index in [2.05, 4.69) is 20.5 Å². The van der Waals surface area contributed by atoms with Crippen LogP contribution in [0.3, 0.4) is 0 Å². The lowest BCUT2D eigenvalue weighted by atomic mass is 10.1. The molecule has 1 saturated heterocycles. The highest BCUT2D eigenvalue weighted by atomic mass is 32.2. The third-order valence-electron chi connectivity index (χ3n) is 4.83. The van der Waals surface area contributed by atoms with Crippen LogP contribution in [0.2, 0.25) is 0 Å². The van der Waals surface area contributed by atoms with E-state index in [1.165, 1.54) is 22.9 Å². The normalized spacial score (nSPS) is 15.6. The summed E-state index contributed by atoms with van der Waals surface area (Å²) in [6.45, 7) is 3.97. The first-order valence-corrected chi connectivity index (χ1v) is 10.6. The standard InChI is InChI=1S/C18H24N6O5S/c25-17(20-6-5-14-1-3-16(4-2-14)30(28)29)13-23-15(11-21-18(23)24(26)27)12-22-9-7-19-8-10-22/h1-4,11,19H,5-10,12-13H2,(H,20,25)(H,28,29)/p-1. The number of piperazine rings is 1. The first-order valence-electron chi connectivity index (χ1n) is 9.51. The highest BCUT2D eigenvalue weighted by molar-refractivity contribution is 7.79. The van der Waals surface area contributed by atoms with Gasteiger partial charge in [-0.25, -0.2) is 4.57 Å². The van der Waals surface area contributed by atoms with Crippen LogP contribution in [0.4, 0.5) is 5.95 Å². The summed E-state index contributed by atoms with van der Waals surface area (Å²) in [6.07, 6.45) is 1.96. The molecule has 1 amide bonds. The summed E-state index contributed by atoms with van der Waals surface area (Å²) in [6, 6.07) is 6.36. The lowest BCUT2D eigenvalue weighted by Gasteiger charge is -2.26.